The molecular formula is C28H29FN4O4S. The van der Waals surface area contributed by atoms with E-state index in [1.54, 1.807) is 24.3 Å². The van der Waals surface area contributed by atoms with Gasteiger partial charge in [0.2, 0.25) is 21.8 Å². The Kier molecular flexibility index (Phi) is 8.33. The van der Waals surface area contributed by atoms with Gasteiger partial charge < -0.3 is 9.84 Å². The Hall–Kier alpha value is -3.89. The molecule has 4 rings (SSSR count). The molecular weight excluding hydrogens is 507 g/mol. The molecule has 0 radical (unpaired) electrons. The highest BCUT2D eigenvalue weighted by atomic mass is 32.2. The molecule has 0 fully saturated rings. The van der Waals surface area contributed by atoms with Crippen LogP contribution in [0.25, 0.3) is 0 Å². The normalized spacial score (nSPS) is 11.7. The number of aromatic nitrogens is 2. The molecule has 0 spiro atoms. The number of anilines is 1. The third-order valence-electron chi connectivity index (χ3n) is 5.83. The first-order chi connectivity index (χ1) is 18.1. The van der Waals surface area contributed by atoms with E-state index in [4.69, 9.17) is 4.52 Å². The minimum Gasteiger partial charge on any atom is -0.339 e. The number of nitrogens with zero attached hydrogens (tertiary/aromatic N) is 3. The average molecular weight is 537 g/mol. The van der Waals surface area contributed by atoms with Crippen LogP contribution in [0.4, 0.5) is 10.1 Å². The van der Waals surface area contributed by atoms with Crippen molar-refractivity contribution < 1.29 is 22.1 Å². The van der Waals surface area contributed by atoms with E-state index in [0.29, 0.717) is 29.4 Å². The maximum Gasteiger partial charge on any atom is 0.243 e. The van der Waals surface area contributed by atoms with Crippen LogP contribution >= 0.6 is 0 Å². The molecule has 0 bridgehead atoms. The lowest BCUT2D eigenvalue weighted by molar-refractivity contribution is -0.116. The van der Waals surface area contributed by atoms with E-state index in [1.165, 1.54) is 36.4 Å². The Morgan fingerprint density at radius 1 is 0.974 bits per heavy atom. The zero-order valence-electron chi connectivity index (χ0n) is 21.4. The molecule has 0 aliphatic carbocycles. The van der Waals surface area contributed by atoms with E-state index >= 15 is 0 Å². The Bertz CT molecular complexity index is 1480. The summed E-state index contributed by atoms with van der Waals surface area (Å²) in [5, 5.41) is 6.74. The monoisotopic (exact) mass is 536 g/mol. The number of halogens is 1. The van der Waals surface area contributed by atoms with Crippen molar-refractivity contribution in [1.82, 2.24) is 14.4 Å². The summed E-state index contributed by atoms with van der Waals surface area (Å²) in [7, 11) is -4.00. The van der Waals surface area contributed by atoms with Gasteiger partial charge in [0.15, 0.2) is 5.82 Å². The summed E-state index contributed by atoms with van der Waals surface area (Å²) >= 11 is 0. The Morgan fingerprint density at radius 3 is 2.21 bits per heavy atom. The van der Waals surface area contributed by atoms with Crippen LogP contribution in [0.15, 0.2) is 82.2 Å². The number of hydrogen-bond donors (Lipinski definition) is 1. The van der Waals surface area contributed by atoms with Crippen molar-refractivity contribution in [1.29, 1.82) is 0 Å². The van der Waals surface area contributed by atoms with Crippen molar-refractivity contribution in [2.24, 2.45) is 0 Å². The standard InChI is InChI=1S/C28H29FN4O4S/c1-19(2)28-31-26(32-37-28)16-21-8-12-24(13-9-21)30-27(34)18-33(17-22-6-10-23(29)11-7-22)38(35,36)25-14-4-20(3)5-15-25/h4-15,19H,16-18H2,1-3H3,(H,30,34). The topological polar surface area (TPSA) is 105 Å². The van der Waals surface area contributed by atoms with Crippen molar-refractivity contribution in [2.45, 2.75) is 44.6 Å². The lowest BCUT2D eigenvalue weighted by Gasteiger charge is -2.22. The zero-order chi connectivity index (χ0) is 27.3. The van der Waals surface area contributed by atoms with Gasteiger partial charge in [0.05, 0.1) is 11.4 Å². The lowest BCUT2D eigenvalue weighted by atomic mass is 10.1. The van der Waals surface area contributed by atoms with Gasteiger partial charge in [0.25, 0.3) is 0 Å². The molecule has 1 N–H and O–H groups in total. The summed E-state index contributed by atoms with van der Waals surface area (Å²) in [4.78, 5) is 17.4. The van der Waals surface area contributed by atoms with Crippen molar-refractivity contribution in [3.05, 3.63) is 107 Å². The third kappa shape index (κ3) is 6.90. The van der Waals surface area contributed by atoms with Gasteiger partial charge in [-0.1, -0.05) is 61.0 Å². The molecule has 0 aliphatic rings. The molecule has 1 amide bonds. The molecule has 0 aliphatic heterocycles. The van der Waals surface area contributed by atoms with E-state index < -0.39 is 28.3 Å². The molecule has 8 nitrogen and oxygen atoms in total. The highest BCUT2D eigenvalue weighted by Gasteiger charge is 2.27. The summed E-state index contributed by atoms with van der Waals surface area (Å²) in [5.74, 6) is 0.363. The summed E-state index contributed by atoms with van der Waals surface area (Å²) in [6.07, 6.45) is 0.477. The highest BCUT2D eigenvalue weighted by Crippen LogP contribution is 2.20. The molecule has 0 saturated heterocycles. The maximum absolute atomic E-state index is 13.4. The number of aryl methyl sites for hydroxylation is 1. The number of carbonyl (C=O) groups excluding carboxylic acids is 1. The van der Waals surface area contributed by atoms with Crippen LogP contribution in [-0.4, -0.2) is 35.3 Å². The van der Waals surface area contributed by atoms with Crippen molar-refractivity contribution >= 4 is 21.6 Å². The van der Waals surface area contributed by atoms with Gasteiger partial charge in [0, 0.05) is 24.6 Å². The smallest absolute Gasteiger partial charge is 0.243 e. The largest absolute Gasteiger partial charge is 0.339 e. The second kappa shape index (κ2) is 11.7. The molecule has 3 aromatic carbocycles. The van der Waals surface area contributed by atoms with Crippen LogP contribution < -0.4 is 5.32 Å². The van der Waals surface area contributed by atoms with Gasteiger partial charge >= 0.3 is 0 Å². The molecule has 0 atom stereocenters. The molecule has 10 heteroatoms. The molecule has 1 heterocycles. The van der Waals surface area contributed by atoms with E-state index in [1.807, 2.05) is 32.9 Å². The van der Waals surface area contributed by atoms with Crippen LogP contribution in [0.1, 0.15) is 48.2 Å². The quantitative estimate of drug-likeness (QED) is 0.304. The molecule has 198 valence electrons. The summed E-state index contributed by atoms with van der Waals surface area (Å²) in [5.41, 5.74) is 2.92. The third-order valence-corrected chi connectivity index (χ3v) is 7.63. The van der Waals surface area contributed by atoms with E-state index in [-0.39, 0.29) is 17.4 Å². The fourth-order valence-electron chi connectivity index (χ4n) is 3.70. The second-order valence-electron chi connectivity index (χ2n) is 9.34. The minimum atomic E-state index is -4.00. The van der Waals surface area contributed by atoms with Crippen molar-refractivity contribution in [3.8, 4) is 0 Å². The Balaban J connectivity index is 1.47. The summed E-state index contributed by atoms with van der Waals surface area (Å²) < 4.78 is 46.5. The Morgan fingerprint density at radius 2 is 1.61 bits per heavy atom. The predicted octanol–water partition coefficient (Wildman–Crippen LogP) is 5.06. The molecule has 1 aromatic heterocycles. The van der Waals surface area contributed by atoms with Crippen LogP contribution in [0.5, 0.6) is 0 Å². The van der Waals surface area contributed by atoms with E-state index in [2.05, 4.69) is 15.5 Å². The maximum atomic E-state index is 13.4. The summed E-state index contributed by atoms with van der Waals surface area (Å²) in [6.45, 7) is 5.29. The fraction of sp³-hybridized carbons (Fsp3) is 0.250. The number of rotatable bonds is 10. The average Bonchev–Trinajstić information content (AvgIpc) is 3.35. The molecule has 0 unspecified atom stereocenters. The first-order valence-corrected chi connectivity index (χ1v) is 13.6. The van der Waals surface area contributed by atoms with Crippen LogP contribution in [-0.2, 0) is 27.8 Å². The second-order valence-corrected chi connectivity index (χ2v) is 11.3. The lowest BCUT2D eigenvalue weighted by Crippen LogP contribution is -2.37. The first-order valence-electron chi connectivity index (χ1n) is 12.1. The van der Waals surface area contributed by atoms with Gasteiger partial charge in [-0.05, 0) is 54.4 Å². The van der Waals surface area contributed by atoms with Gasteiger partial charge in [-0.3, -0.25) is 4.79 Å². The molecule has 38 heavy (non-hydrogen) atoms. The Labute approximate surface area is 221 Å². The van der Waals surface area contributed by atoms with Crippen LogP contribution in [0.2, 0.25) is 0 Å². The number of sulfonamides is 1. The predicted molar refractivity (Wildman–Crippen MR) is 141 cm³/mol. The number of hydrogen-bond acceptors (Lipinski definition) is 6. The van der Waals surface area contributed by atoms with Gasteiger partial charge in [-0.15, -0.1) is 0 Å². The number of benzene rings is 3. The minimum absolute atomic E-state index is 0.0736. The number of carbonyl (C=O) groups is 1. The van der Waals surface area contributed by atoms with Crippen LogP contribution in [0.3, 0.4) is 0 Å². The van der Waals surface area contributed by atoms with Crippen molar-refractivity contribution in [2.75, 3.05) is 11.9 Å². The van der Waals surface area contributed by atoms with Gasteiger partial charge in [-0.2, -0.15) is 9.29 Å². The zero-order valence-corrected chi connectivity index (χ0v) is 22.2. The van der Waals surface area contributed by atoms with E-state index in [9.17, 15) is 17.6 Å². The molecule has 0 saturated carbocycles. The van der Waals surface area contributed by atoms with Gasteiger partial charge in [0.1, 0.15) is 5.82 Å². The first kappa shape index (κ1) is 27.2. The van der Waals surface area contributed by atoms with Crippen molar-refractivity contribution in [3.63, 3.8) is 0 Å². The van der Waals surface area contributed by atoms with Crippen LogP contribution in [0, 0.1) is 12.7 Å². The molecule has 4 aromatic rings. The highest BCUT2D eigenvalue weighted by molar-refractivity contribution is 7.89. The van der Waals surface area contributed by atoms with Gasteiger partial charge in [-0.25, -0.2) is 12.8 Å². The number of nitrogens with one attached hydrogen (secondary N) is 1. The SMILES string of the molecule is Cc1ccc(S(=O)(=O)N(CC(=O)Nc2ccc(Cc3noc(C(C)C)n3)cc2)Cc2ccc(F)cc2)cc1. The fourth-order valence-corrected chi connectivity index (χ4v) is 5.09. The number of amides is 1. The summed E-state index contributed by atoms with van der Waals surface area (Å²) in [6, 6.07) is 19.0. The van der Waals surface area contributed by atoms with E-state index in [0.717, 1.165) is 15.4 Å².